The number of carbonyl (C=O) groups is 1. The van der Waals surface area contributed by atoms with E-state index in [0.29, 0.717) is 19.0 Å². The Morgan fingerprint density at radius 1 is 1.33 bits per heavy atom. The minimum Gasteiger partial charge on any atom is -0.352 e. The standard InChI is InChI=1S/C18H24FN3OS/c1-22-16(12-24-18(22)21-15-4-2-3-5-15)10-17(23)20-11-13-6-8-14(19)9-7-13/h6-9,15-16H,2-5,10-12H2,1H3,(H,20,23). The van der Waals surface area contributed by atoms with Gasteiger partial charge in [0.1, 0.15) is 5.82 Å². The van der Waals surface area contributed by atoms with Gasteiger partial charge in [0.15, 0.2) is 5.17 Å². The fourth-order valence-corrected chi connectivity index (χ4v) is 4.40. The number of nitrogens with zero attached hydrogens (tertiary/aromatic N) is 2. The third-order valence-electron chi connectivity index (χ3n) is 4.70. The Kier molecular flexibility index (Phi) is 5.76. The van der Waals surface area contributed by atoms with E-state index >= 15 is 0 Å². The summed E-state index contributed by atoms with van der Waals surface area (Å²) in [6, 6.07) is 6.88. The molecular weight excluding hydrogens is 325 g/mol. The van der Waals surface area contributed by atoms with Crippen molar-refractivity contribution >= 4 is 22.8 Å². The summed E-state index contributed by atoms with van der Waals surface area (Å²) in [6.07, 6.45) is 5.42. The smallest absolute Gasteiger partial charge is 0.222 e. The Balaban J connectivity index is 1.47. The lowest BCUT2D eigenvalue weighted by Gasteiger charge is -2.21. The van der Waals surface area contributed by atoms with Gasteiger partial charge in [-0.15, -0.1) is 0 Å². The molecule has 2 aliphatic rings. The molecule has 4 nitrogen and oxygen atoms in total. The van der Waals surface area contributed by atoms with Crippen molar-refractivity contribution in [3.8, 4) is 0 Å². The van der Waals surface area contributed by atoms with Gasteiger partial charge in [0.05, 0.1) is 6.04 Å². The van der Waals surface area contributed by atoms with Crippen LogP contribution in [-0.2, 0) is 11.3 Å². The molecule has 6 heteroatoms. The predicted molar refractivity (Wildman–Crippen MR) is 96.6 cm³/mol. The molecule has 1 saturated heterocycles. The van der Waals surface area contributed by atoms with Gasteiger partial charge in [0.25, 0.3) is 0 Å². The van der Waals surface area contributed by atoms with Crippen LogP contribution in [0.3, 0.4) is 0 Å². The Labute approximate surface area is 146 Å². The summed E-state index contributed by atoms with van der Waals surface area (Å²) >= 11 is 1.76. The van der Waals surface area contributed by atoms with E-state index < -0.39 is 0 Å². The monoisotopic (exact) mass is 349 g/mol. The molecule has 1 N–H and O–H groups in total. The lowest BCUT2D eigenvalue weighted by molar-refractivity contribution is -0.121. The van der Waals surface area contributed by atoms with E-state index in [1.54, 1.807) is 23.9 Å². The number of thioether (sulfide) groups is 1. The minimum atomic E-state index is -0.260. The van der Waals surface area contributed by atoms with Gasteiger partial charge < -0.3 is 10.2 Å². The predicted octanol–water partition coefficient (Wildman–Crippen LogP) is 3.18. The maximum Gasteiger partial charge on any atom is 0.222 e. The van der Waals surface area contributed by atoms with Gasteiger partial charge in [-0.05, 0) is 30.5 Å². The van der Waals surface area contributed by atoms with E-state index in [-0.39, 0.29) is 17.8 Å². The largest absolute Gasteiger partial charge is 0.352 e. The second kappa shape index (κ2) is 8.01. The molecule has 1 aromatic carbocycles. The van der Waals surface area contributed by atoms with Gasteiger partial charge in [-0.1, -0.05) is 36.7 Å². The molecule has 1 amide bonds. The second-order valence-electron chi connectivity index (χ2n) is 6.53. The van der Waals surface area contributed by atoms with Crippen LogP contribution in [0, 0.1) is 5.82 Å². The van der Waals surface area contributed by atoms with Crippen LogP contribution in [0.5, 0.6) is 0 Å². The van der Waals surface area contributed by atoms with Crippen LogP contribution in [0.4, 0.5) is 4.39 Å². The first-order valence-corrected chi connectivity index (χ1v) is 9.55. The van der Waals surface area contributed by atoms with E-state index in [2.05, 4.69) is 10.2 Å². The zero-order valence-electron chi connectivity index (χ0n) is 14.0. The molecule has 0 aromatic heterocycles. The Bertz CT molecular complexity index is 599. The quantitative estimate of drug-likeness (QED) is 0.888. The highest BCUT2D eigenvalue weighted by molar-refractivity contribution is 8.14. The Morgan fingerprint density at radius 2 is 2.04 bits per heavy atom. The molecule has 130 valence electrons. The molecule has 1 aromatic rings. The van der Waals surface area contributed by atoms with Crippen molar-refractivity contribution in [1.82, 2.24) is 10.2 Å². The van der Waals surface area contributed by atoms with Gasteiger partial charge in [0, 0.05) is 31.8 Å². The van der Waals surface area contributed by atoms with Crippen molar-refractivity contribution in [2.75, 3.05) is 12.8 Å². The molecule has 0 spiro atoms. The van der Waals surface area contributed by atoms with Gasteiger partial charge in [-0.3, -0.25) is 9.79 Å². The number of nitrogens with one attached hydrogen (secondary N) is 1. The zero-order valence-corrected chi connectivity index (χ0v) is 14.8. The summed E-state index contributed by atoms with van der Waals surface area (Å²) in [5.74, 6) is 0.675. The van der Waals surface area contributed by atoms with Crippen LogP contribution in [0.1, 0.15) is 37.7 Å². The van der Waals surface area contributed by atoms with Crippen LogP contribution in [0.15, 0.2) is 29.3 Å². The second-order valence-corrected chi connectivity index (χ2v) is 7.52. The number of rotatable bonds is 5. The maximum atomic E-state index is 12.9. The number of hydrogen-bond donors (Lipinski definition) is 1. The highest BCUT2D eigenvalue weighted by atomic mass is 32.2. The highest BCUT2D eigenvalue weighted by Crippen LogP contribution is 2.28. The number of carbonyl (C=O) groups excluding carboxylic acids is 1. The van der Waals surface area contributed by atoms with Gasteiger partial charge in [-0.25, -0.2) is 4.39 Å². The maximum absolute atomic E-state index is 12.9. The molecule has 1 saturated carbocycles. The lowest BCUT2D eigenvalue weighted by atomic mass is 10.2. The first kappa shape index (κ1) is 17.3. The molecular formula is C18H24FN3OS. The zero-order chi connectivity index (χ0) is 16.9. The third-order valence-corrected chi connectivity index (χ3v) is 5.90. The van der Waals surface area contributed by atoms with Gasteiger partial charge in [-0.2, -0.15) is 0 Å². The van der Waals surface area contributed by atoms with E-state index in [4.69, 9.17) is 4.99 Å². The van der Waals surface area contributed by atoms with Crippen molar-refractivity contribution in [1.29, 1.82) is 0 Å². The molecule has 24 heavy (non-hydrogen) atoms. The minimum absolute atomic E-state index is 0.0268. The number of amidine groups is 1. The summed E-state index contributed by atoms with van der Waals surface area (Å²) in [5.41, 5.74) is 0.905. The number of amides is 1. The molecule has 1 aliphatic heterocycles. The van der Waals surface area contributed by atoms with E-state index in [9.17, 15) is 9.18 Å². The van der Waals surface area contributed by atoms with Crippen LogP contribution in [0.2, 0.25) is 0 Å². The van der Waals surface area contributed by atoms with E-state index in [1.807, 2.05) is 7.05 Å². The van der Waals surface area contributed by atoms with E-state index in [1.165, 1.54) is 37.8 Å². The number of halogens is 1. The summed E-state index contributed by atoms with van der Waals surface area (Å²) in [5, 5.41) is 4.00. The molecule has 2 fully saturated rings. The van der Waals surface area contributed by atoms with Gasteiger partial charge >= 0.3 is 0 Å². The Morgan fingerprint density at radius 3 is 2.75 bits per heavy atom. The molecule has 1 aliphatic carbocycles. The fourth-order valence-electron chi connectivity index (χ4n) is 3.14. The molecule has 1 unspecified atom stereocenters. The SMILES string of the molecule is CN1C(=NC2CCCC2)SCC1CC(=O)NCc1ccc(F)cc1. The fraction of sp³-hybridized carbons (Fsp3) is 0.556. The normalized spacial score (nSPS) is 23.2. The lowest BCUT2D eigenvalue weighted by Crippen LogP contribution is -2.36. The number of hydrogen-bond acceptors (Lipinski definition) is 3. The molecule has 1 atom stereocenters. The van der Waals surface area contributed by atoms with Crippen LogP contribution < -0.4 is 5.32 Å². The van der Waals surface area contributed by atoms with Crippen molar-refractivity contribution in [2.45, 2.75) is 50.7 Å². The number of aliphatic imine (C=N–C) groups is 1. The average Bonchev–Trinajstić information content (AvgIpc) is 3.20. The summed E-state index contributed by atoms with van der Waals surface area (Å²) < 4.78 is 12.9. The first-order valence-electron chi connectivity index (χ1n) is 8.56. The van der Waals surface area contributed by atoms with Crippen molar-refractivity contribution in [2.24, 2.45) is 4.99 Å². The summed E-state index contributed by atoms with van der Waals surface area (Å²) in [4.78, 5) is 19.2. The van der Waals surface area contributed by atoms with Crippen LogP contribution in [0.25, 0.3) is 0 Å². The van der Waals surface area contributed by atoms with Crippen LogP contribution >= 0.6 is 11.8 Å². The van der Waals surface area contributed by atoms with E-state index in [0.717, 1.165) is 16.5 Å². The Hall–Kier alpha value is -1.56. The van der Waals surface area contributed by atoms with Crippen LogP contribution in [-0.4, -0.2) is 40.9 Å². The van der Waals surface area contributed by atoms with Crippen molar-refractivity contribution in [3.05, 3.63) is 35.6 Å². The van der Waals surface area contributed by atoms with Crippen molar-refractivity contribution < 1.29 is 9.18 Å². The van der Waals surface area contributed by atoms with Gasteiger partial charge in [0.2, 0.25) is 5.91 Å². The third kappa shape index (κ3) is 4.50. The highest BCUT2D eigenvalue weighted by Gasteiger charge is 2.29. The molecule has 1 heterocycles. The topological polar surface area (TPSA) is 44.7 Å². The first-order chi connectivity index (χ1) is 11.6. The van der Waals surface area contributed by atoms with Crippen molar-refractivity contribution in [3.63, 3.8) is 0 Å². The molecule has 0 radical (unpaired) electrons. The summed E-state index contributed by atoms with van der Waals surface area (Å²) in [7, 11) is 2.03. The number of benzene rings is 1. The molecule has 3 rings (SSSR count). The summed E-state index contributed by atoms with van der Waals surface area (Å²) in [6.45, 7) is 0.436. The average molecular weight is 349 g/mol. The molecule has 0 bridgehead atoms.